The lowest BCUT2D eigenvalue weighted by molar-refractivity contribution is 0.126. The molecule has 1 N–H and O–H groups in total. The number of nitrogens with zero attached hydrogens (tertiary/aromatic N) is 2. The fourth-order valence-electron chi connectivity index (χ4n) is 1.49. The van der Waals surface area contributed by atoms with E-state index in [-0.39, 0.29) is 6.42 Å². The van der Waals surface area contributed by atoms with Crippen LogP contribution < -0.4 is 0 Å². The highest BCUT2D eigenvalue weighted by molar-refractivity contribution is 5.14. The number of aliphatic hydroxyl groups excluding tert-OH is 1. The third-order valence-electron chi connectivity index (χ3n) is 2.14. The van der Waals surface area contributed by atoms with E-state index in [9.17, 15) is 5.11 Å². The molecule has 0 radical (unpaired) electrons. The third kappa shape index (κ3) is 4.59. The predicted molar refractivity (Wildman–Crippen MR) is 59.0 cm³/mol. The van der Waals surface area contributed by atoms with E-state index in [2.05, 4.69) is 0 Å². The van der Waals surface area contributed by atoms with Crippen LogP contribution in [0, 0.1) is 11.3 Å². The van der Waals surface area contributed by atoms with Crippen molar-refractivity contribution in [2.75, 3.05) is 13.6 Å². The van der Waals surface area contributed by atoms with Crippen LogP contribution in [0.15, 0.2) is 30.3 Å². The Kier molecular flexibility index (Phi) is 4.82. The van der Waals surface area contributed by atoms with Gasteiger partial charge in [-0.1, -0.05) is 30.3 Å². The summed E-state index contributed by atoms with van der Waals surface area (Å²) in [5.74, 6) is 0. The number of benzene rings is 1. The predicted octanol–water partition coefficient (Wildman–Crippen LogP) is 1.39. The molecule has 1 rings (SSSR count). The van der Waals surface area contributed by atoms with Crippen LogP contribution in [0.4, 0.5) is 0 Å². The highest BCUT2D eigenvalue weighted by atomic mass is 16.3. The highest BCUT2D eigenvalue weighted by Gasteiger charge is 2.07. The molecule has 1 aromatic rings. The molecule has 80 valence electrons. The van der Waals surface area contributed by atoms with Crippen LogP contribution in [-0.4, -0.2) is 29.7 Å². The van der Waals surface area contributed by atoms with E-state index in [1.54, 1.807) is 0 Å². The Morgan fingerprint density at radius 1 is 1.40 bits per heavy atom. The second-order valence-electron chi connectivity index (χ2n) is 3.70. The summed E-state index contributed by atoms with van der Waals surface area (Å²) in [4.78, 5) is 2.01. The third-order valence-corrected chi connectivity index (χ3v) is 2.14. The molecule has 1 atom stereocenters. The number of likely N-dealkylation sites (N-methyl/N-ethyl adjacent to an activating group) is 1. The lowest BCUT2D eigenvalue weighted by atomic mass is 10.2. The molecule has 0 amide bonds. The zero-order valence-corrected chi connectivity index (χ0v) is 8.93. The largest absolute Gasteiger partial charge is 0.391 e. The molecule has 0 bridgehead atoms. The average Bonchev–Trinajstić information content (AvgIpc) is 2.19. The van der Waals surface area contributed by atoms with Crippen molar-refractivity contribution < 1.29 is 5.11 Å². The summed E-state index contributed by atoms with van der Waals surface area (Å²) < 4.78 is 0. The van der Waals surface area contributed by atoms with Crippen LogP contribution in [0.3, 0.4) is 0 Å². The minimum absolute atomic E-state index is 0.194. The maximum Gasteiger partial charge on any atom is 0.0796 e. The van der Waals surface area contributed by atoms with Gasteiger partial charge in [0.2, 0.25) is 0 Å². The Bertz CT molecular complexity index is 318. The van der Waals surface area contributed by atoms with Crippen LogP contribution in [0.2, 0.25) is 0 Å². The van der Waals surface area contributed by atoms with Crippen molar-refractivity contribution in [1.29, 1.82) is 5.26 Å². The van der Waals surface area contributed by atoms with Crippen molar-refractivity contribution in [3.8, 4) is 6.07 Å². The van der Waals surface area contributed by atoms with Crippen LogP contribution >= 0.6 is 0 Å². The molecule has 0 fully saturated rings. The molecule has 3 nitrogen and oxygen atoms in total. The van der Waals surface area contributed by atoms with Crippen LogP contribution in [0.5, 0.6) is 0 Å². The molecule has 0 saturated heterocycles. The van der Waals surface area contributed by atoms with Crippen molar-refractivity contribution in [2.45, 2.75) is 19.1 Å². The van der Waals surface area contributed by atoms with Gasteiger partial charge in [-0.15, -0.1) is 0 Å². The number of hydrogen-bond donors (Lipinski definition) is 1. The molecular weight excluding hydrogens is 188 g/mol. The van der Waals surface area contributed by atoms with E-state index >= 15 is 0 Å². The molecule has 0 aliphatic heterocycles. The monoisotopic (exact) mass is 204 g/mol. The first-order valence-corrected chi connectivity index (χ1v) is 5.00. The van der Waals surface area contributed by atoms with Gasteiger partial charge in [-0.25, -0.2) is 0 Å². The van der Waals surface area contributed by atoms with Crippen LogP contribution in [0.1, 0.15) is 12.0 Å². The van der Waals surface area contributed by atoms with E-state index < -0.39 is 6.10 Å². The van der Waals surface area contributed by atoms with Crippen molar-refractivity contribution in [1.82, 2.24) is 4.90 Å². The minimum atomic E-state index is -0.552. The summed E-state index contributed by atoms with van der Waals surface area (Å²) in [5.41, 5.74) is 1.21. The zero-order valence-electron chi connectivity index (χ0n) is 8.93. The Hall–Kier alpha value is -1.37. The normalized spacial score (nSPS) is 12.4. The van der Waals surface area contributed by atoms with Crippen LogP contribution in [0.25, 0.3) is 0 Å². The van der Waals surface area contributed by atoms with E-state index in [1.807, 2.05) is 48.3 Å². The first kappa shape index (κ1) is 11.7. The quantitative estimate of drug-likeness (QED) is 0.788. The second kappa shape index (κ2) is 6.18. The molecule has 0 aliphatic rings. The van der Waals surface area contributed by atoms with Crippen molar-refractivity contribution in [2.24, 2.45) is 0 Å². The van der Waals surface area contributed by atoms with E-state index in [4.69, 9.17) is 5.26 Å². The molecule has 0 spiro atoms. The second-order valence-corrected chi connectivity index (χ2v) is 3.70. The molecule has 15 heavy (non-hydrogen) atoms. The van der Waals surface area contributed by atoms with Gasteiger partial charge in [0.25, 0.3) is 0 Å². The van der Waals surface area contributed by atoms with Crippen molar-refractivity contribution >= 4 is 0 Å². The summed E-state index contributed by atoms with van der Waals surface area (Å²) in [7, 11) is 1.94. The molecule has 0 aliphatic carbocycles. The summed E-state index contributed by atoms with van der Waals surface area (Å²) in [6.45, 7) is 1.33. The maximum atomic E-state index is 9.43. The van der Waals surface area contributed by atoms with E-state index in [0.717, 1.165) is 6.54 Å². The van der Waals surface area contributed by atoms with Crippen LogP contribution in [-0.2, 0) is 6.54 Å². The molecule has 0 heterocycles. The fraction of sp³-hybridized carbons (Fsp3) is 0.417. The highest BCUT2D eigenvalue weighted by Crippen LogP contribution is 2.03. The van der Waals surface area contributed by atoms with Gasteiger partial charge in [0.05, 0.1) is 18.6 Å². The standard InChI is InChI=1S/C12H16N2O/c1-14(10-12(15)7-8-13)9-11-5-3-2-4-6-11/h2-6,12,15H,7,9-10H2,1H3/t12-/m1/s1. The Balaban J connectivity index is 2.37. The van der Waals surface area contributed by atoms with Gasteiger partial charge in [0.15, 0.2) is 0 Å². The van der Waals surface area contributed by atoms with Crippen molar-refractivity contribution in [3.05, 3.63) is 35.9 Å². The van der Waals surface area contributed by atoms with Gasteiger partial charge in [-0.05, 0) is 12.6 Å². The summed E-state index contributed by atoms with van der Waals surface area (Å²) >= 11 is 0. The Labute approximate surface area is 90.6 Å². The summed E-state index contributed by atoms with van der Waals surface area (Å²) in [6.07, 6.45) is -0.359. The van der Waals surface area contributed by atoms with Gasteiger partial charge in [-0.3, -0.25) is 4.90 Å². The topological polar surface area (TPSA) is 47.3 Å². The van der Waals surface area contributed by atoms with Gasteiger partial charge in [-0.2, -0.15) is 5.26 Å². The first-order chi connectivity index (χ1) is 7.22. The lowest BCUT2D eigenvalue weighted by Crippen LogP contribution is -2.28. The summed E-state index contributed by atoms with van der Waals surface area (Å²) in [6, 6.07) is 12.0. The molecule has 3 heteroatoms. The molecular formula is C12H16N2O. The van der Waals surface area contributed by atoms with E-state index in [1.165, 1.54) is 5.56 Å². The van der Waals surface area contributed by atoms with Crippen molar-refractivity contribution in [3.63, 3.8) is 0 Å². The fourth-order valence-corrected chi connectivity index (χ4v) is 1.49. The van der Waals surface area contributed by atoms with E-state index in [0.29, 0.717) is 6.54 Å². The SMILES string of the molecule is CN(Cc1ccccc1)C[C@H](O)CC#N. The Morgan fingerprint density at radius 2 is 2.07 bits per heavy atom. The first-order valence-electron chi connectivity index (χ1n) is 5.00. The minimum Gasteiger partial charge on any atom is -0.391 e. The molecule has 0 aromatic heterocycles. The number of aliphatic hydroxyl groups is 1. The Morgan fingerprint density at radius 3 is 2.67 bits per heavy atom. The molecule has 0 saturated carbocycles. The van der Waals surface area contributed by atoms with Gasteiger partial charge in [0, 0.05) is 13.1 Å². The number of hydrogen-bond acceptors (Lipinski definition) is 3. The average molecular weight is 204 g/mol. The summed E-state index contributed by atoms with van der Waals surface area (Å²) in [5, 5.41) is 17.8. The lowest BCUT2D eigenvalue weighted by Gasteiger charge is -2.18. The maximum absolute atomic E-state index is 9.43. The zero-order chi connectivity index (χ0) is 11.1. The molecule has 0 unspecified atom stereocenters. The smallest absolute Gasteiger partial charge is 0.0796 e. The number of rotatable bonds is 5. The van der Waals surface area contributed by atoms with Gasteiger partial charge in [0.1, 0.15) is 0 Å². The van der Waals surface area contributed by atoms with Gasteiger partial charge >= 0.3 is 0 Å². The van der Waals surface area contributed by atoms with Gasteiger partial charge < -0.3 is 5.11 Å². The number of nitriles is 1. The molecule has 1 aromatic carbocycles.